The molecule has 78 valence electrons. The van der Waals surface area contributed by atoms with Crippen LogP contribution in [0.2, 0.25) is 0 Å². The molecule has 0 amide bonds. The van der Waals surface area contributed by atoms with Gasteiger partial charge in [0.2, 0.25) is 0 Å². The fourth-order valence-electron chi connectivity index (χ4n) is 1.40. The number of aromatic nitrogens is 2. The van der Waals surface area contributed by atoms with E-state index in [1.807, 2.05) is 43.5 Å². The Morgan fingerprint density at radius 3 is 2.60 bits per heavy atom. The van der Waals surface area contributed by atoms with Crippen LogP contribution in [0.25, 0.3) is 5.69 Å². The Morgan fingerprint density at radius 1 is 1.33 bits per heavy atom. The van der Waals surface area contributed by atoms with Gasteiger partial charge in [-0.1, -0.05) is 12.1 Å². The van der Waals surface area contributed by atoms with E-state index < -0.39 is 0 Å². The van der Waals surface area contributed by atoms with Crippen LogP contribution in [0.3, 0.4) is 0 Å². The summed E-state index contributed by atoms with van der Waals surface area (Å²) in [4.78, 5) is 4.74. The summed E-state index contributed by atoms with van der Waals surface area (Å²) in [6.07, 6.45) is 3.56. The van der Waals surface area contributed by atoms with Gasteiger partial charge in [-0.2, -0.15) is 5.10 Å². The van der Waals surface area contributed by atoms with Crippen LogP contribution >= 0.6 is 0 Å². The third kappa shape index (κ3) is 2.06. The lowest BCUT2D eigenvalue weighted by molar-refractivity contribution is 0.0664. The molecule has 0 fully saturated rings. The molecule has 0 saturated carbocycles. The van der Waals surface area contributed by atoms with Gasteiger partial charge in [0.25, 0.3) is 0 Å². The molecule has 2 rings (SSSR count). The maximum absolute atomic E-state index is 5.12. The van der Waals surface area contributed by atoms with Crippen LogP contribution in [0.15, 0.2) is 42.7 Å². The largest absolute Gasteiger partial charge is 0.297 e. The second-order valence-corrected chi connectivity index (χ2v) is 3.32. The van der Waals surface area contributed by atoms with Crippen LogP contribution in [0, 0.1) is 0 Å². The minimum Gasteiger partial charge on any atom is -0.297 e. The highest BCUT2D eigenvalue weighted by molar-refractivity contribution is 5.34. The number of nitrogens with zero attached hydrogens (tertiary/aromatic N) is 2. The molecular formula is C11H13N3O. The zero-order chi connectivity index (χ0) is 10.7. The van der Waals surface area contributed by atoms with Crippen LogP contribution in [0.4, 0.5) is 0 Å². The number of hydrogen-bond acceptors (Lipinski definition) is 3. The summed E-state index contributed by atoms with van der Waals surface area (Å²) < 4.78 is 1.80. The second-order valence-electron chi connectivity index (χ2n) is 3.32. The maximum atomic E-state index is 5.12. The van der Waals surface area contributed by atoms with Gasteiger partial charge >= 0.3 is 0 Å². The van der Waals surface area contributed by atoms with E-state index in [0.29, 0.717) is 0 Å². The maximum Gasteiger partial charge on any atom is 0.101 e. The van der Waals surface area contributed by atoms with Gasteiger partial charge in [0.05, 0.1) is 5.69 Å². The molecule has 2 aromatic rings. The lowest BCUT2D eigenvalue weighted by atomic mass is 10.1. The van der Waals surface area contributed by atoms with Crippen LogP contribution < -0.4 is 5.90 Å². The van der Waals surface area contributed by atoms with Crippen LogP contribution in [0.1, 0.15) is 18.6 Å². The molecule has 1 unspecified atom stereocenters. The topological polar surface area (TPSA) is 53.1 Å². The molecule has 0 bridgehead atoms. The smallest absolute Gasteiger partial charge is 0.101 e. The average molecular weight is 203 g/mol. The molecule has 0 aliphatic heterocycles. The van der Waals surface area contributed by atoms with Crippen LogP contribution in [-0.2, 0) is 4.84 Å². The Morgan fingerprint density at radius 2 is 2.07 bits per heavy atom. The molecule has 15 heavy (non-hydrogen) atoms. The molecule has 2 N–H and O–H groups in total. The van der Waals surface area contributed by atoms with Crippen LogP contribution in [-0.4, -0.2) is 9.78 Å². The van der Waals surface area contributed by atoms with E-state index in [1.54, 1.807) is 10.9 Å². The highest BCUT2D eigenvalue weighted by atomic mass is 16.6. The number of benzene rings is 1. The minimum atomic E-state index is -0.0864. The first kappa shape index (κ1) is 9.89. The van der Waals surface area contributed by atoms with Crippen molar-refractivity contribution in [1.82, 2.24) is 9.78 Å². The first-order valence-corrected chi connectivity index (χ1v) is 4.77. The summed E-state index contributed by atoms with van der Waals surface area (Å²) in [5.41, 5.74) is 2.07. The number of nitrogens with two attached hydrogens (primary N) is 1. The summed E-state index contributed by atoms with van der Waals surface area (Å²) in [6.45, 7) is 1.91. The van der Waals surface area contributed by atoms with Crippen molar-refractivity contribution in [3.05, 3.63) is 48.3 Å². The summed E-state index contributed by atoms with van der Waals surface area (Å²) in [6, 6.07) is 9.82. The first-order valence-electron chi connectivity index (χ1n) is 4.77. The van der Waals surface area contributed by atoms with E-state index in [2.05, 4.69) is 5.10 Å². The number of rotatable bonds is 3. The van der Waals surface area contributed by atoms with E-state index in [0.717, 1.165) is 11.3 Å². The van der Waals surface area contributed by atoms with Gasteiger partial charge in [0.15, 0.2) is 0 Å². The fraction of sp³-hybridized carbons (Fsp3) is 0.182. The first-order chi connectivity index (χ1) is 7.31. The molecule has 4 heteroatoms. The van der Waals surface area contributed by atoms with Gasteiger partial charge < -0.3 is 0 Å². The Hall–Kier alpha value is -1.65. The summed E-state index contributed by atoms with van der Waals surface area (Å²) in [7, 11) is 0. The third-order valence-electron chi connectivity index (χ3n) is 2.34. The summed E-state index contributed by atoms with van der Waals surface area (Å²) >= 11 is 0. The predicted molar refractivity (Wildman–Crippen MR) is 57.3 cm³/mol. The predicted octanol–water partition coefficient (Wildman–Crippen LogP) is 1.82. The lowest BCUT2D eigenvalue weighted by Gasteiger charge is -2.09. The summed E-state index contributed by atoms with van der Waals surface area (Å²) in [5.74, 6) is 5.12. The van der Waals surface area contributed by atoms with E-state index >= 15 is 0 Å². The van der Waals surface area contributed by atoms with E-state index in [1.165, 1.54) is 0 Å². The Bertz CT molecular complexity index is 408. The minimum absolute atomic E-state index is 0.0864. The van der Waals surface area contributed by atoms with E-state index in [4.69, 9.17) is 10.7 Å². The third-order valence-corrected chi connectivity index (χ3v) is 2.34. The standard InChI is InChI=1S/C11H13N3O/c1-9(15-12)10-3-5-11(6-4-10)14-8-2-7-13-14/h2-9H,12H2,1H3. The molecule has 0 radical (unpaired) electrons. The second kappa shape index (κ2) is 4.25. The molecule has 1 atom stereocenters. The van der Waals surface area contributed by atoms with E-state index in [-0.39, 0.29) is 6.10 Å². The van der Waals surface area contributed by atoms with Gasteiger partial charge in [0, 0.05) is 12.4 Å². The highest BCUT2D eigenvalue weighted by Crippen LogP contribution is 2.16. The van der Waals surface area contributed by atoms with Gasteiger partial charge in [-0.15, -0.1) is 0 Å². The van der Waals surface area contributed by atoms with Crippen molar-refractivity contribution < 1.29 is 4.84 Å². The van der Waals surface area contributed by atoms with Gasteiger partial charge in [-0.25, -0.2) is 10.6 Å². The Balaban J connectivity index is 2.25. The van der Waals surface area contributed by atoms with Gasteiger partial charge in [0.1, 0.15) is 6.10 Å². The Kier molecular flexibility index (Phi) is 2.80. The van der Waals surface area contributed by atoms with Crippen molar-refractivity contribution >= 4 is 0 Å². The van der Waals surface area contributed by atoms with Crippen molar-refractivity contribution in [1.29, 1.82) is 0 Å². The molecule has 0 aliphatic rings. The molecule has 0 saturated heterocycles. The van der Waals surface area contributed by atoms with Crippen molar-refractivity contribution in [2.45, 2.75) is 13.0 Å². The zero-order valence-corrected chi connectivity index (χ0v) is 8.50. The van der Waals surface area contributed by atoms with Gasteiger partial charge in [-0.3, -0.25) is 4.84 Å². The molecule has 1 aromatic heterocycles. The number of hydrogen-bond donors (Lipinski definition) is 1. The normalized spacial score (nSPS) is 12.7. The fourth-order valence-corrected chi connectivity index (χ4v) is 1.40. The summed E-state index contributed by atoms with van der Waals surface area (Å²) in [5, 5.41) is 4.14. The van der Waals surface area contributed by atoms with Crippen LogP contribution in [0.5, 0.6) is 0 Å². The molecular weight excluding hydrogens is 190 g/mol. The van der Waals surface area contributed by atoms with Crippen molar-refractivity contribution in [3.8, 4) is 5.69 Å². The zero-order valence-electron chi connectivity index (χ0n) is 8.50. The Labute approximate surface area is 88.2 Å². The van der Waals surface area contributed by atoms with Crippen molar-refractivity contribution in [2.75, 3.05) is 0 Å². The molecule has 1 aromatic carbocycles. The monoisotopic (exact) mass is 203 g/mol. The highest BCUT2D eigenvalue weighted by Gasteiger charge is 2.04. The molecule has 0 spiro atoms. The molecule has 0 aliphatic carbocycles. The quantitative estimate of drug-likeness (QED) is 0.774. The average Bonchev–Trinajstić information content (AvgIpc) is 2.82. The van der Waals surface area contributed by atoms with Crippen molar-refractivity contribution in [2.24, 2.45) is 5.90 Å². The molecule has 1 heterocycles. The van der Waals surface area contributed by atoms with Gasteiger partial charge in [-0.05, 0) is 30.7 Å². The molecule has 4 nitrogen and oxygen atoms in total. The van der Waals surface area contributed by atoms with E-state index in [9.17, 15) is 0 Å². The van der Waals surface area contributed by atoms with Crippen molar-refractivity contribution in [3.63, 3.8) is 0 Å². The lowest BCUT2D eigenvalue weighted by Crippen LogP contribution is -2.05. The SMILES string of the molecule is CC(ON)c1ccc(-n2cccn2)cc1.